The van der Waals surface area contributed by atoms with Gasteiger partial charge in [0.05, 0.1) is 12.1 Å². The number of benzene rings is 2. The van der Waals surface area contributed by atoms with Crippen LogP contribution in [0.25, 0.3) is 10.9 Å². The summed E-state index contributed by atoms with van der Waals surface area (Å²) in [6.07, 6.45) is 3.47. The Labute approximate surface area is 230 Å². The molecule has 39 heavy (non-hydrogen) atoms. The average Bonchev–Trinajstić information content (AvgIpc) is 2.96. The summed E-state index contributed by atoms with van der Waals surface area (Å²) >= 11 is 0. The first-order valence-corrected chi connectivity index (χ1v) is 13.9. The van der Waals surface area contributed by atoms with Crippen molar-refractivity contribution in [3.05, 3.63) is 78.0 Å². The molecule has 1 fully saturated rings. The molecule has 3 aromatic rings. The fourth-order valence-electron chi connectivity index (χ4n) is 4.97. The van der Waals surface area contributed by atoms with Crippen molar-refractivity contribution in [3.8, 4) is 0 Å². The van der Waals surface area contributed by atoms with Crippen LogP contribution in [0.3, 0.4) is 0 Å². The first kappa shape index (κ1) is 28.2. The van der Waals surface area contributed by atoms with Crippen molar-refractivity contribution in [2.45, 2.75) is 51.6 Å². The van der Waals surface area contributed by atoms with Gasteiger partial charge in [-0.1, -0.05) is 54.6 Å². The van der Waals surface area contributed by atoms with Crippen LogP contribution in [0.15, 0.2) is 66.7 Å². The van der Waals surface area contributed by atoms with Crippen molar-refractivity contribution in [1.29, 1.82) is 0 Å². The molecule has 1 aromatic heterocycles. The second-order valence-electron chi connectivity index (χ2n) is 10.0. The fourth-order valence-corrected chi connectivity index (χ4v) is 4.97. The third kappa shape index (κ3) is 8.61. The molecule has 1 saturated heterocycles. The normalized spacial score (nSPS) is 15.0. The summed E-state index contributed by atoms with van der Waals surface area (Å²) in [5.41, 5.74) is 2.25. The molecule has 8 nitrogen and oxygen atoms in total. The summed E-state index contributed by atoms with van der Waals surface area (Å²) in [6, 6.07) is 20.5. The molecule has 4 rings (SSSR count). The SMILES string of the molecule is CCOC(=O)[C@H](CCC(=O)NCCC1CCN(Cc2ccccc2)CC1)NC(=O)c1ccc2ccccc2n1. The van der Waals surface area contributed by atoms with Gasteiger partial charge >= 0.3 is 5.97 Å². The Morgan fingerprint density at radius 1 is 1.00 bits per heavy atom. The Morgan fingerprint density at radius 3 is 2.51 bits per heavy atom. The Morgan fingerprint density at radius 2 is 1.74 bits per heavy atom. The van der Waals surface area contributed by atoms with E-state index in [1.807, 2.05) is 36.4 Å². The maximum atomic E-state index is 12.8. The molecule has 8 heteroatoms. The van der Waals surface area contributed by atoms with Crippen molar-refractivity contribution in [1.82, 2.24) is 20.5 Å². The van der Waals surface area contributed by atoms with E-state index in [1.165, 1.54) is 5.56 Å². The summed E-state index contributed by atoms with van der Waals surface area (Å²) in [5, 5.41) is 6.61. The number of hydrogen-bond acceptors (Lipinski definition) is 6. The molecule has 0 bridgehead atoms. The number of nitrogens with one attached hydrogen (secondary N) is 2. The molecule has 0 aliphatic carbocycles. The van der Waals surface area contributed by atoms with E-state index in [1.54, 1.807) is 13.0 Å². The molecular formula is C31H38N4O4. The molecule has 1 aliphatic heterocycles. The van der Waals surface area contributed by atoms with Crippen LogP contribution in [-0.2, 0) is 20.9 Å². The van der Waals surface area contributed by atoms with Gasteiger partial charge in [-0.2, -0.15) is 0 Å². The van der Waals surface area contributed by atoms with Gasteiger partial charge in [-0.25, -0.2) is 9.78 Å². The number of para-hydroxylation sites is 1. The molecule has 0 spiro atoms. The fraction of sp³-hybridized carbons (Fsp3) is 0.419. The number of fused-ring (bicyclic) bond motifs is 1. The molecule has 0 saturated carbocycles. The molecule has 1 aliphatic rings. The number of carbonyl (C=O) groups is 3. The van der Waals surface area contributed by atoms with E-state index in [0.717, 1.165) is 44.3 Å². The van der Waals surface area contributed by atoms with E-state index in [-0.39, 0.29) is 31.0 Å². The predicted molar refractivity (Wildman–Crippen MR) is 151 cm³/mol. The first-order chi connectivity index (χ1) is 19.0. The molecule has 2 N–H and O–H groups in total. The lowest BCUT2D eigenvalue weighted by Gasteiger charge is -2.32. The summed E-state index contributed by atoms with van der Waals surface area (Å²) in [5.74, 6) is -0.568. The summed E-state index contributed by atoms with van der Waals surface area (Å²) in [6.45, 7) is 5.64. The Hall–Kier alpha value is -3.78. The van der Waals surface area contributed by atoms with E-state index in [9.17, 15) is 14.4 Å². The minimum absolute atomic E-state index is 0.116. The Bertz CT molecular complexity index is 1240. The zero-order valence-corrected chi connectivity index (χ0v) is 22.6. The molecule has 2 aromatic carbocycles. The molecule has 2 heterocycles. The minimum Gasteiger partial charge on any atom is -0.464 e. The smallest absolute Gasteiger partial charge is 0.328 e. The van der Waals surface area contributed by atoms with Crippen molar-refractivity contribution in [2.24, 2.45) is 5.92 Å². The van der Waals surface area contributed by atoms with Crippen LogP contribution in [0.2, 0.25) is 0 Å². The molecule has 206 valence electrons. The lowest BCUT2D eigenvalue weighted by molar-refractivity contribution is -0.145. The van der Waals surface area contributed by atoms with Crippen LogP contribution in [-0.4, -0.2) is 60.0 Å². The zero-order chi connectivity index (χ0) is 27.5. The number of esters is 1. The van der Waals surface area contributed by atoms with Gasteiger partial charge in [0, 0.05) is 24.9 Å². The number of rotatable bonds is 12. The number of aromatic nitrogens is 1. The van der Waals surface area contributed by atoms with Crippen molar-refractivity contribution >= 4 is 28.7 Å². The first-order valence-electron chi connectivity index (χ1n) is 13.9. The second-order valence-corrected chi connectivity index (χ2v) is 10.0. The van der Waals surface area contributed by atoms with Gasteiger partial charge in [0.2, 0.25) is 5.91 Å². The van der Waals surface area contributed by atoms with Gasteiger partial charge in [-0.05, 0) is 69.3 Å². The number of amides is 2. The summed E-state index contributed by atoms with van der Waals surface area (Å²) < 4.78 is 5.14. The molecule has 0 unspecified atom stereocenters. The van der Waals surface area contributed by atoms with Crippen LogP contribution >= 0.6 is 0 Å². The number of carbonyl (C=O) groups excluding carboxylic acids is 3. The topological polar surface area (TPSA) is 101 Å². The number of piperidine rings is 1. The highest BCUT2D eigenvalue weighted by molar-refractivity contribution is 5.97. The maximum absolute atomic E-state index is 12.8. The lowest BCUT2D eigenvalue weighted by atomic mass is 9.93. The number of ether oxygens (including phenoxy) is 1. The van der Waals surface area contributed by atoms with Crippen molar-refractivity contribution in [3.63, 3.8) is 0 Å². The number of hydrogen-bond donors (Lipinski definition) is 2. The molecule has 0 radical (unpaired) electrons. The Kier molecular flexibility index (Phi) is 10.4. The van der Waals surface area contributed by atoms with E-state index >= 15 is 0 Å². The van der Waals surface area contributed by atoms with Gasteiger partial charge in [0.15, 0.2) is 0 Å². The number of nitrogens with zero attached hydrogens (tertiary/aromatic N) is 2. The largest absolute Gasteiger partial charge is 0.464 e. The van der Waals surface area contributed by atoms with Gasteiger partial charge in [0.25, 0.3) is 5.91 Å². The minimum atomic E-state index is -0.926. The van der Waals surface area contributed by atoms with E-state index in [4.69, 9.17) is 4.74 Å². The zero-order valence-electron chi connectivity index (χ0n) is 22.6. The van der Waals surface area contributed by atoms with Crippen molar-refractivity contribution < 1.29 is 19.1 Å². The van der Waals surface area contributed by atoms with E-state index in [2.05, 4.69) is 44.8 Å². The standard InChI is InChI=1S/C31H38N4O4/c1-2-39-31(38)28(34-30(37)27-13-12-25-10-6-7-11-26(25)33-27)14-15-29(36)32-19-16-23-17-20-35(21-18-23)22-24-8-4-3-5-9-24/h3-13,23,28H,2,14-22H2,1H3,(H,32,36)(H,34,37)/t28-/m0/s1. The Balaban J connectivity index is 1.19. The van der Waals surface area contributed by atoms with Crippen LogP contribution in [0, 0.1) is 5.92 Å². The van der Waals surface area contributed by atoms with Crippen LogP contribution < -0.4 is 10.6 Å². The highest BCUT2D eigenvalue weighted by atomic mass is 16.5. The number of likely N-dealkylation sites (tertiary alicyclic amines) is 1. The summed E-state index contributed by atoms with van der Waals surface area (Å²) in [7, 11) is 0. The van der Waals surface area contributed by atoms with E-state index in [0.29, 0.717) is 18.0 Å². The van der Waals surface area contributed by atoms with Gasteiger partial charge in [-0.15, -0.1) is 0 Å². The third-order valence-corrected chi connectivity index (χ3v) is 7.20. The lowest BCUT2D eigenvalue weighted by Crippen LogP contribution is -2.43. The van der Waals surface area contributed by atoms with Crippen LogP contribution in [0.1, 0.15) is 55.1 Å². The highest BCUT2D eigenvalue weighted by Gasteiger charge is 2.24. The third-order valence-electron chi connectivity index (χ3n) is 7.20. The molecule has 1 atom stereocenters. The van der Waals surface area contributed by atoms with E-state index < -0.39 is 17.9 Å². The molecule has 2 amide bonds. The summed E-state index contributed by atoms with van der Waals surface area (Å²) in [4.78, 5) is 44.8. The monoisotopic (exact) mass is 530 g/mol. The highest BCUT2D eigenvalue weighted by Crippen LogP contribution is 2.21. The van der Waals surface area contributed by atoms with Crippen molar-refractivity contribution in [2.75, 3.05) is 26.2 Å². The quantitative estimate of drug-likeness (QED) is 0.342. The molecular weight excluding hydrogens is 492 g/mol. The van der Waals surface area contributed by atoms with Crippen LogP contribution in [0.4, 0.5) is 0 Å². The van der Waals surface area contributed by atoms with Gasteiger partial charge in [0.1, 0.15) is 11.7 Å². The average molecular weight is 531 g/mol. The van der Waals surface area contributed by atoms with Crippen LogP contribution in [0.5, 0.6) is 0 Å². The number of pyridine rings is 1. The second kappa shape index (κ2) is 14.4. The van der Waals surface area contributed by atoms with Gasteiger partial charge < -0.3 is 15.4 Å². The predicted octanol–water partition coefficient (Wildman–Crippen LogP) is 4.10. The maximum Gasteiger partial charge on any atom is 0.328 e. The van der Waals surface area contributed by atoms with Gasteiger partial charge in [-0.3, -0.25) is 14.5 Å².